The summed E-state index contributed by atoms with van der Waals surface area (Å²) < 4.78 is 7.05. The predicted molar refractivity (Wildman–Crippen MR) is 128 cm³/mol. The molecule has 0 aliphatic heterocycles. The van der Waals surface area contributed by atoms with Crippen LogP contribution in [0.1, 0.15) is 18.1 Å². The Hall–Kier alpha value is -2.55. The number of rotatable bonds is 8. The molecule has 0 atom stereocenters. The molecule has 0 amide bonds. The molecule has 2 aromatic carbocycles. The Morgan fingerprint density at radius 3 is 2.38 bits per heavy atom. The van der Waals surface area contributed by atoms with Gasteiger partial charge in [-0.25, -0.2) is 9.67 Å². The number of aromatic nitrogens is 2. The zero-order valence-corrected chi connectivity index (χ0v) is 19.2. The minimum atomic E-state index is 0. The Morgan fingerprint density at radius 1 is 1.03 bits per heavy atom. The summed E-state index contributed by atoms with van der Waals surface area (Å²) in [7, 11) is 1.67. The number of nitrogens with one attached hydrogen (secondary N) is 2. The minimum Gasteiger partial charge on any atom is -0.497 e. The summed E-state index contributed by atoms with van der Waals surface area (Å²) in [6.45, 7) is 4.33. The second-order valence-corrected chi connectivity index (χ2v) is 6.34. The van der Waals surface area contributed by atoms with E-state index in [2.05, 4.69) is 51.9 Å². The molecule has 3 rings (SSSR count). The van der Waals surface area contributed by atoms with E-state index >= 15 is 0 Å². The molecule has 1 aromatic heterocycles. The molecule has 0 aliphatic rings. The van der Waals surface area contributed by atoms with Crippen LogP contribution < -0.4 is 15.4 Å². The van der Waals surface area contributed by atoms with E-state index in [0.717, 1.165) is 42.5 Å². The molecule has 0 bridgehead atoms. The normalized spacial score (nSPS) is 10.9. The first kappa shape index (κ1) is 22.7. The molecule has 1 heterocycles. The molecule has 7 heteroatoms. The predicted octanol–water partition coefficient (Wildman–Crippen LogP) is 3.80. The average molecular weight is 505 g/mol. The summed E-state index contributed by atoms with van der Waals surface area (Å²) in [6.07, 6.45) is 4.65. The highest BCUT2D eigenvalue weighted by Crippen LogP contribution is 2.12. The Balaban J connectivity index is 0.00000300. The molecular weight excluding hydrogens is 477 g/mol. The van der Waals surface area contributed by atoms with Gasteiger partial charge < -0.3 is 15.4 Å². The van der Waals surface area contributed by atoms with E-state index in [4.69, 9.17) is 4.74 Å². The van der Waals surface area contributed by atoms with Gasteiger partial charge in [0.05, 0.1) is 19.3 Å². The summed E-state index contributed by atoms with van der Waals surface area (Å²) in [6, 6.07) is 18.4. The van der Waals surface area contributed by atoms with E-state index in [1.807, 2.05) is 41.2 Å². The van der Waals surface area contributed by atoms with Crippen LogP contribution in [0.4, 0.5) is 0 Å². The number of aliphatic imine (C=N–C) groups is 1. The highest BCUT2D eigenvalue weighted by molar-refractivity contribution is 14.0. The van der Waals surface area contributed by atoms with Crippen LogP contribution in [-0.4, -0.2) is 35.9 Å². The number of guanidine groups is 1. The van der Waals surface area contributed by atoms with E-state index in [1.165, 1.54) is 5.56 Å². The molecule has 2 N–H and O–H groups in total. The number of methoxy groups -OCH3 is 1. The van der Waals surface area contributed by atoms with E-state index in [-0.39, 0.29) is 24.0 Å². The zero-order chi connectivity index (χ0) is 19.6. The average Bonchev–Trinajstić information content (AvgIpc) is 3.28. The van der Waals surface area contributed by atoms with Gasteiger partial charge in [0.25, 0.3) is 0 Å². The Bertz CT molecular complexity index is 861. The van der Waals surface area contributed by atoms with Crippen molar-refractivity contribution in [1.82, 2.24) is 20.4 Å². The molecule has 3 aromatic rings. The van der Waals surface area contributed by atoms with Gasteiger partial charge in [0.15, 0.2) is 5.96 Å². The van der Waals surface area contributed by atoms with Crippen molar-refractivity contribution in [1.29, 1.82) is 0 Å². The largest absolute Gasteiger partial charge is 0.497 e. The van der Waals surface area contributed by atoms with Crippen molar-refractivity contribution in [3.8, 4) is 11.4 Å². The Morgan fingerprint density at radius 2 is 1.76 bits per heavy atom. The third-order valence-electron chi connectivity index (χ3n) is 4.33. The van der Waals surface area contributed by atoms with Crippen LogP contribution >= 0.6 is 24.0 Å². The highest BCUT2D eigenvalue weighted by Gasteiger charge is 2.00. The lowest BCUT2D eigenvalue weighted by Gasteiger charge is -2.12. The number of hydrogen-bond donors (Lipinski definition) is 2. The Labute approximate surface area is 189 Å². The molecule has 0 spiro atoms. The summed E-state index contributed by atoms with van der Waals surface area (Å²) in [5, 5.41) is 10.9. The van der Waals surface area contributed by atoms with Gasteiger partial charge in [0.1, 0.15) is 5.75 Å². The van der Waals surface area contributed by atoms with E-state index in [1.54, 1.807) is 13.3 Å². The summed E-state index contributed by atoms with van der Waals surface area (Å²) in [5.41, 5.74) is 3.48. The van der Waals surface area contributed by atoms with Crippen LogP contribution in [0.5, 0.6) is 5.75 Å². The molecular formula is C22H28IN5O. The van der Waals surface area contributed by atoms with Crippen LogP contribution in [-0.2, 0) is 13.0 Å². The summed E-state index contributed by atoms with van der Waals surface area (Å²) in [5.74, 6) is 1.68. The maximum absolute atomic E-state index is 5.19. The van der Waals surface area contributed by atoms with Crippen molar-refractivity contribution in [2.45, 2.75) is 19.9 Å². The van der Waals surface area contributed by atoms with E-state index in [9.17, 15) is 0 Å². The van der Waals surface area contributed by atoms with Crippen molar-refractivity contribution in [3.05, 3.63) is 78.1 Å². The van der Waals surface area contributed by atoms with Crippen LogP contribution in [0.2, 0.25) is 0 Å². The van der Waals surface area contributed by atoms with Crippen molar-refractivity contribution in [2.24, 2.45) is 4.99 Å². The number of nitrogens with zero attached hydrogens (tertiary/aromatic N) is 3. The molecule has 0 saturated carbocycles. The number of benzene rings is 2. The van der Waals surface area contributed by atoms with Gasteiger partial charge in [0, 0.05) is 25.5 Å². The lowest BCUT2D eigenvalue weighted by molar-refractivity contribution is 0.414. The van der Waals surface area contributed by atoms with E-state index in [0.29, 0.717) is 6.54 Å². The standard InChI is InChI=1S/C22H27N5O.HI/c1-3-23-22(25-17-19-7-11-21(28-2)12-8-19)24-15-13-18-5-9-20(10-6-18)27-16-4-14-26-27;/h4-12,14,16H,3,13,15,17H2,1-2H3,(H2,23,24,25);1H. The fourth-order valence-electron chi connectivity index (χ4n) is 2.81. The van der Waals surface area contributed by atoms with Crippen molar-refractivity contribution in [2.75, 3.05) is 20.2 Å². The molecule has 0 fully saturated rings. The molecule has 6 nitrogen and oxygen atoms in total. The van der Waals surface area contributed by atoms with Crippen LogP contribution in [0.3, 0.4) is 0 Å². The SMILES string of the molecule is CCNC(=NCc1ccc(OC)cc1)NCCc1ccc(-n2cccn2)cc1.I. The van der Waals surface area contributed by atoms with E-state index < -0.39 is 0 Å². The number of hydrogen-bond acceptors (Lipinski definition) is 3. The van der Waals surface area contributed by atoms with Gasteiger partial charge >= 0.3 is 0 Å². The molecule has 0 saturated heterocycles. The third kappa shape index (κ3) is 7.08. The highest BCUT2D eigenvalue weighted by atomic mass is 127. The first-order valence-electron chi connectivity index (χ1n) is 9.52. The molecule has 0 unspecified atom stereocenters. The van der Waals surface area contributed by atoms with Gasteiger partial charge in [-0.2, -0.15) is 5.10 Å². The van der Waals surface area contributed by atoms with Gasteiger partial charge in [0.2, 0.25) is 0 Å². The molecule has 0 aliphatic carbocycles. The fourth-order valence-corrected chi connectivity index (χ4v) is 2.81. The number of halogens is 1. The quantitative estimate of drug-likeness (QED) is 0.278. The van der Waals surface area contributed by atoms with Crippen LogP contribution in [0, 0.1) is 0 Å². The minimum absolute atomic E-state index is 0. The Kier molecular flexibility index (Phi) is 9.49. The van der Waals surface area contributed by atoms with Gasteiger partial charge in [-0.15, -0.1) is 24.0 Å². The van der Waals surface area contributed by atoms with Gasteiger partial charge in [-0.05, 0) is 54.8 Å². The van der Waals surface area contributed by atoms with Crippen LogP contribution in [0.15, 0.2) is 72.0 Å². The van der Waals surface area contributed by atoms with Crippen molar-refractivity contribution >= 4 is 29.9 Å². The first-order chi connectivity index (χ1) is 13.8. The van der Waals surface area contributed by atoms with Gasteiger partial charge in [-0.3, -0.25) is 0 Å². The first-order valence-corrected chi connectivity index (χ1v) is 9.52. The maximum atomic E-state index is 5.19. The van der Waals surface area contributed by atoms with Crippen LogP contribution in [0.25, 0.3) is 5.69 Å². The van der Waals surface area contributed by atoms with Crippen molar-refractivity contribution < 1.29 is 4.74 Å². The summed E-state index contributed by atoms with van der Waals surface area (Å²) >= 11 is 0. The lowest BCUT2D eigenvalue weighted by Crippen LogP contribution is -2.38. The molecule has 29 heavy (non-hydrogen) atoms. The third-order valence-corrected chi connectivity index (χ3v) is 4.33. The number of ether oxygens (including phenoxy) is 1. The second kappa shape index (κ2) is 12.1. The second-order valence-electron chi connectivity index (χ2n) is 6.34. The van der Waals surface area contributed by atoms with Crippen molar-refractivity contribution in [3.63, 3.8) is 0 Å². The fraction of sp³-hybridized carbons (Fsp3) is 0.273. The monoisotopic (exact) mass is 505 g/mol. The lowest BCUT2D eigenvalue weighted by atomic mass is 10.1. The van der Waals surface area contributed by atoms with Gasteiger partial charge in [-0.1, -0.05) is 24.3 Å². The maximum Gasteiger partial charge on any atom is 0.191 e. The topological polar surface area (TPSA) is 63.5 Å². The molecule has 0 radical (unpaired) electrons. The zero-order valence-electron chi connectivity index (χ0n) is 16.8. The smallest absolute Gasteiger partial charge is 0.191 e. The molecule has 154 valence electrons. The summed E-state index contributed by atoms with van der Waals surface area (Å²) in [4.78, 5) is 4.66.